The van der Waals surface area contributed by atoms with E-state index in [1.807, 2.05) is 0 Å². The number of benzene rings is 1. The molecule has 1 aromatic rings. The smallest absolute Gasteiger partial charge is 0.399 e. The Balaban J connectivity index is 1.09. The van der Waals surface area contributed by atoms with Crippen LogP contribution in [0.4, 0.5) is 22.0 Å². The SMILES string of the molecule is CC1(C)OB(c2ccc3c(c2)C[C@@H](CCCCCCCCCSCCCC(F)(F)C(F)(F)F)[C@@H]2[C@@H]3CC[C@]3(C)[C@@H](O)CC[C@@H]23)OC1(C)C. The van der Waals surface area contributed by atoms with E-state index in [-0.39, 0.29) is 36.3 Å². The summed E-state index contributed by atoms with van der Waals surface area (Å²) < 4.78 is 75.7. The summed E-state index contributed by atoms with van der Waals surface area (Å²) in [6, 6.07) is 6.96. The van der Waals surface area contributed by atoms with Gasteiger partial charge in [-0.2, -0.15) is 33.7 Å². The van der Waals surface area contributed by atoms with Crippen LogP contribution in [-0.2, 0) is 15.7 Å². The van der Waals surface area contributed by atoms with Gasteiger partial charge < -0.3 is 14.4 Å². The Labute approximate surface area is 290 Å². The Hall–Kier alpha value is -0.835. The number of aliphatic hydroxyl groups excluding tert-OH is 1. The lowest BCUT2D eigenvalue weighted by atomic mass is 9.52. The quantitative estimate of drug-likeness (QED) is 0.112. The molecule has 2 saturated carbocycles. The average Bonchev–Trinajstić information content (AvgIpc) is 3.43. The van der Waals surface area contributed by atoms with Crippen LogP contribution in [0.3, 0.4) is 0 Å². The molecule has 10 heteroatoms. The maximum Gasteiger partial charge on any atom is 0.494 e. The summed E-state index contributed by atoms with van der Waals surface area (Å²) in [5, 5.41) is 11.0. The van der Waals surface area contributed by atoms with Crippen molar-refractivity contribution < 1.29 is 36.4 Å². The van der Waals surface area contributed by atoms with Gasteiger partial charge in [0.15, 0.2) is 0 Å². The van der Waals surface area contributed by atoms with E-state index >= 15 is 0 Å². The first-order chi connectivity index (χ1) is 22.5. The maximum atomic E-state index is 13.0. The van der Waals surface area contributed by atoms with E-state index in [1.54, 1.807) is 0 Å². The molecule has 0 radical (unpaired) electrons. The first kappa shape index (κ1) is 38.4. The van der Waals surface area contributed by atoms with Gasteiger partial charge in [-0.1, -0.05) is 63.6 Å². The van der Waals surface area contributed by atoms with Crippen molar-refractivity contribution in [3.63, 3.8) is 0 Å². The summed E-state index contributed by atoms with van der Waals surface area (Å²) in [6.45, 7) is 10.8. The highest BCUT2D eigenvalue weighted by Gasteiger charge is 2.58. The third-order valence-electron chi connectivity index (χ3n) is 13.0. The van der Waals surface area contributed by atoms with Crippen LogP contribution in [0.25, 0.3) is 0 Å². The molecule has 5 rings (SSSR count). The topological polar surface area (TPSA) is 38.7 Å². The van der Waals surface area contributed by atoms with Crippen LogP contribution in [0, 0.1) is 23.2 Å². The van der Waals surface area contributed by atoms with Gasteiger partial charge in [0, 0.05) is 6.42 Å². The van der Waals surface area contributed by atoms with Gasteiger partial charge in [0.1, 0.15) is 0 Å². The summed E-state index contributed by atoms with van der Waals surface area (Å²) in [5.41, 5.74) is 3.37. The van der Waals surface area contributed by atoms with Crippen LogP contribution < -0.4 is 5.46 Å². The Kier molecular flexibility index (Phi) is 12.0. The minimum atomic E-state index is -5.45. The molecule has 3 aliphatic carbocycles. The van der Waals surface area contributed by atoms with Gasteiger partial charge in [-0.3, -0.25) is 0 Å². The third-order valence-corrected chi connectivity index (χ3v) is 14.1. The first-order valence-corrected chi connectivity index (χ1v) is 19.8. The number of fused-ring (bicyclic) bond motifs is 5. The minimum Gasteiger partial charge on any atom is -0.399 e. The molecule has 6 atom stereocenters. The molecule has 3 nitrogen and oxygen atoms in total. The van der Waals surface area contributed by atoms with Gasteiger partial charge in [0.05, 0.1) is 17.3 Å². The van der Waals surface area contributed by atoms with E-state index in [4.69, 9.17) is 9.31 Å². The molecule has 0 unspecified atom stereocenters. The number of alkyl halides is 5. The van der Waals surface area contributed by atoms with Crippen molar-refractivity contribution in [1.29, 1.82) is 0 Å². The van der Waals surface area contributed by atoms with E-state index < -0.39 is 18.5 Å². The van der Waals surface area contributed by atoms with Crippen molar-refractivity contribution in [3.05, 3.63) is 29.3 Å². The molecule has 48 heavy (non-hydrogen) atoms. The second-order valence-corrected chi connectivity index (χ2v) is 17.8. The van der Waals surface area contributed by atoms with Crippen LogP contribution in [0.1, 0.15) is 142 Å². The van der Waals surface area contributed by atoms with Gasteiger partial charge >= 0.3 is 19.2 Å². The van der Waals surface area contributed by atoms with Crippen LogP contribution in [0.15, 0.2) is 18.2 Å². The molecule has 1 N–H and O–H groups in total. The summed E-state index contributed by atoms with van der Waals surface area (Å²) in [7, 11) is -0.356. The summed E-state index contributed by atoms with van der Waals surface area (Å²) in [5.74, 6) is -1.07. The molecule has 0 bridgehead atoms. The van der Waals surface area contributed by atoms with Crippen molar-refractivity contribution in [2.24, 2.45) is 23.2 Å². The molecule has 4 aliphatic rings. The first-order valence-electron chi connectivity index (χ1n) is 18.7. The van der Waals surface area contributed by atoms with Crippen LogP contribution in [0.5, 0.6) is 0 Å². The fourth-order valence-corrected chi connectivity index (χ4v) is 10.3. The second-order valence-electron chi connectivity index (χ2n) is 16.6. The zero-order valence-electron chi connectivity index (χ0n) is 29.8. The molecule has 0 aromatic heterocycles. The van der Waals surface area contributed by atoms with Crippen LogP contribution in [-0.4, -0.2) is 53.1 Å². The highest BCUT2D eigenvalue weighted by atomic mass is 32.2. The maximum absolute atomic E-state index is 13.0. The van der Waals surface area contributed by atoms with Crippen LogP contribution in [0.2, 0.25) is 0 Å². The lowest BCUT2D eigenvalue weighted by molar-refractivity contribution is -0.284. The molecule has 272 valence electrons. The molecule has 1 heterocycles. The number of rotatable bonds is 15. The van der Waals surface area contributed by atoms with E-state index in [0.717, 1.165) is 62.6 Å². The molecule has 0 spiro atoms. The number of thioether (sulfide) groups is 1. The van der Waals surface area contributed by atoms with Gasteiger partial charge in [0.25, 0.3) is 0 Å². The number of hydrogen-bond donors (Lipinski definition) is 1. The van der Waals surface area contributed by atoms with Crippen molar-refractivity contribution in [2.45, 2.75) is 166 Å². The minimum absolute atomic E-state index is 0.0337. The number of unbranched alkanes of at least 4 members (excludes halogenated alkanes) is 6. The molecule has 0 amide bonds. The lowest BCUT2D eigenvalue weighted by Crippen LogP contribution is -2.47. The molecule has 1 aromatic carbocycles. The fraction of sp³-hybridized carbons (Fsp3) is 0.842. The summed E-state index contributed by atoms with van der Waals surface area (Å²) in [6.07, 6.45) is 7.70. The average molecular weight is 701 g/mol. The standard InChI is InChI=1S/C38H58BF5O3S/c1-34(2)35(3,4)47-39(46-34)28-15-16-29-27(25-28)24-26(33-30(29)19-21-36(5)31(33)17-18-32(36)45)14-11-9-7-6-8-10-12-22-48-23-13-20-37(40,41)38(42,43)44/h15-16,25-26,30-33,45H,6-14,17-24H2,1-5H3/t26-,30-,31+,32+,33-,36+/m1/s1. The number of aliphatic hydroxyl groups is 1. The lowest BCUT2D eigenvalue weighted by Gasteiger charge is -2.53. The Morgan fingerprint density at radius 3 is 2.12 bits per heavy atom. The predicted octanol–water partition coefficient (Wildman–Crippen LogP) is 10.3. The van der Waals surface area contributed by atoms with E-state index in [9.17, 15) is 27.1 Å². The normalized spacial score (nSPS) is 31.1. The highest BCUT2D eigenvalue weighted by Crippen LogP contribution is 2.62. The Morgan fingerprint density at radius 2 is 1.46 bits per heavy atom. The van der Waals surface area contributed by atoms with Crippen molar-refractivity contribution in [2.75, 3.05) is 11.5 Å². The van der Waals surface area contributed by atoms with Gasteiger partial charge in [0.2, 0.25) is 0 Å². The highest BCUT2D eigenvalue weighted by molar-refractivity contribution is 7.99. The summed E-state index contributed by atoms with van der Waals surface area (Å²) in [4.78, 5) is 0. The molecule has 1 aliphatic heterocycles. The van der Waals surface area contributed by atoms with Crippen LogP contribution >= 0.6 is 11.8 Å². The second kappa shape index (κ2) is 15.0. The largest absolute Gasteiger partial charge is 0.494 e. The number of hydrogen-bond acceptors (Lipinski definition) is 4. The monoisotopic (exact) mass is 700 g/mol. The molecule has 3 fully saturated rings. The molecule has 1 saturated heterocycles. The van der Waals surface area contributed by atoms with E-state index in [2.05, 4.69) is 52.8 Å². The Morgan fingerprint density at radius 1 is 0.833 bits per heavy atom. The third kappa shape index (κ3) is 8.12. The Bertz CT molecular complexity index is 1210. The number of halogens is 5. The molecular formula is C38H58BF5O3S. The summed E-state index contributed by atoms with van der Waals surface area (Å²) >= 11 is 1.48. The van der Waals surface area contributed by atoms with E-state index in [1.165, 1.54) is 55.0 Å². The van der Waals surface area contributed by atoms with Crippen molar-refractivity contribution >= 4 is 24.3 Å². The predicted molar refractivity (Wildman–Crippen MR) is 186 cm³/mol. The van der Waals surface area contributed by atoms with E-state index in [0.29, 0.717) is 29.4 Å². The zero-order valence-corrected chi connectivity index (χ0v) is 30.6. The van der Waals surface area contributed by atoms with Crippen molar-refractivity contribution in [3.8, 4) is 0 Å². The molecular weight excluding hydrogens is 642 g/mol. The van der Waals surface area contributed by atoms with Gasteiger partial charge in [-0.25, -0.2) is 0 Å². The van der Waals surface area contributed by atoms with Gasteiger partial charge in [-0.15, -0.1) is 0 Å². The zero-order chi connectivity index (χ0) is 35.0. The van der Waals surface area contributed by atoms with Crippen molar-refractivity contribution in [1.82, 2.24) is 0 Å². The fourth-order valence-electron chi connectivity index (χ4n) is 9.32. The van der Waals surface area contributed by atoms with Gasteiger partial charge in [-0.05, 0) is 136 Å².